The molecule has 3 rings (SSSR count). The number of carbonyl (C=O) groups is 3. The monoisotopic (exact) mass is 566 g/mol. The fourth-order valence-corrected chi connectivity index (χ4v) is 2.33. The molecule has 0 spiro atoms. The predicted octanol–water partition coefficient (Wildman–Crippen LogP) is 0.337. The van der Waals surface area contributed by atoms with Crippen molar-refractivity contribution < 1.29 is 77.9 Å². The number of aromatic nitrogens is 3. The largest absolute Gasteiger partial charge is 0.542 e. The Hall–Kier alpha value is -4.45. The maximum absolute atomic E-state index is 13.6. The number of carbonyl (C=O) groups excluding carboxylic acids is 3. The topological polar surface area (TPSA) is 143 Å². The molecule has 0 aliphatic heterocycles. The molecule has 1 atom stereocenters. The predicted molar refractivity (Wildman–Crippen MR) is 95.3 cm³/mol. The van der Waals surface area contributed by atoms with Crippen LogP contribution in [0, 0.1) is 5.82 Å². The van der Waals surface area contributed by atoms with E-state index in [0.29, 0.717) is 0 Å². The van der Waals surface area contributed by atoms with Crippen molar-refractivity contribution >= 4 is 23.4 Å². The number of halogens is 10. The van der Waals surface area contributed by atoms with Crippen LogP contribution in [-0.4, -0.2) is 41.4 Å². The average molecular weight is 566 g/mol. The number of alkyl halides is 9. The van der Waals surface area contributed by atoms with E-state index in [0.717, 1.165) is 4.40 Å². The van der Waals surface area contributed by atoms with Gasteiger partial charge in [-0.05, 0) is 12.1 Å². The number of rotatable bonds is 3. The number of carboxylic acid groups (broad SMARTS) is 2. The molecule has 0 aliphatic carbocycles. The van der Waals surface area contributed by atoms with E-state index in [1.165, 1.54) is 48.9 Å². The number of hydrogen-bond acceptors (Lipinski definition) is 5. The maximum atomic E-state index is 13.6. The molecule has 3 aromatic heterocycles. The Morgan fingerprint density at radius 3 is 1.84 bits per heavy atom. The van der Waals surface area contributed by atoms with E-state index < -0.39 is 48.2 Å². The first kappa shape index (κ1) is 31.6. The van der Waals surface area contributed by atoms with Gasteiger partial charge in [0, 0.05) is 12.1 Å². The first-order valence-corrected chi connectivity index (χ1v) is 9.34. The van der Waals surface area contributed by atoms with Gasteiger partial charge in [0.05, 0.1) is 6.20 Å². The van der Waals surface area contributed by atoms with Gasteiger partial charge in [0.15, 0.2) is 12.0 Å². The minimum atomic E-state index is -5.19. The second-order valence-corrected chi connectivity index (χ2v) is 6.59. The van der Waals surface area contributed by atoms with Crippen LogP contribution in [0.15, 0.2) is 48.9 Å². The number of aromatic amines is 2. The number of pyridine rings is 2. The summed E-state index contributed by atoms with van der Waals surface area (Å²) in [4.78, 5) is 34.8. The van der Waals surface area contributed by atoms with Crippen LogP contribution >= 0.6 is 0 Å². The molecule has 38 heavy (non-hydrogen) atoms. The Bertz CT molecular complexity index is 1230. The molecule has 9 nitrogen and oxygen atoms in total. The van der Waals surface area contributed by atoms with E-state index in [1.54, 1.807) is 0 Å². The van der Waals surface area contributed by atoms with Crippen molar-refractivity contribution in [3.05, 3.63) is 66.3 Å². The molecule has 1 unspecified atom stereocenters. The van der Waals surface area contributed by atoms with Crippen LogP contribution in [0.3, 0.4) is 0 Å². The highest BCUT2D eigenvalue weighted by Gasteiger charge is 2.46. The van der Waals surface area contributed by atoms with Crippen LogP contribution in [0.4, 0.5) is 43.9 Å². The number of nitrogens with zero attached hydrogens (tertiary/aromatic N) is 1. The summed E-state index contributed by atoms with van der Waals surface area (Å²) in [6, 6.07) is 4.47. The number of fused-ring (bicyclic) bond motifs is 1. The van der Waals surface area contributed by atoms with Crippen molar-refractivity contribution in [3.8, 4) is 0 Å². The van der Waals surface area contributed by atoms with Gasteiger partial charge in [0.1, 0.15) is 18.1 Å². The van der Waals surface area contributed by atoms with Crippen LogP contribution in [-0.2, 0) is 9.59 Å². The highest BCUT2D eigenvalue weighted by atomic mass is 19.4. The number of hydrogen-bond donors (Lipinski definition) is 2. The van der Waals surface area contributed by atoms with Crippen molar-refractivity contribution in [2.75, 3.05) is 0 Å². The molecule has 3 heterocycles. The van der Waals surface area contributed by atoms with E-state index in [1.807, 2.05) is 5.32 Å². The standard InChI is InChI=1S/C15H10F4N4O.2C2HF3O2/c16-9-4-3-7-23-11(9)8-21-13(23)14(24)22-12(15(17,18)19)10-5-1-2-6-20-10;2*3-2(4,5)1(6)7/h1-8,12H,(H,22,24);2*(H,6,7). The zero-order chi connectivity index (χ0) is 29.5. The molecule has 208 valence electrons. The van der Waals surface area contributed by atoms with Crippen LogP contribution < -0.4 is 24.9 Å². The number of nitrogens with one attached hydrogen (secondary N) is 3. The SMILES string of the molecule is O=C(NC(c1cccc[nH+]1)C(F)(F)F)c1[nH]cc2c(F)ccc[n+]12.O=C([O-])C(F)(F)F.O=C([O-])C(F)(F)F. The molecule has 0 fully saturated rings. The van der Waals surface area contributed by atoms with E-state index >= 15 is 0 Å². The van der Waals surface area contributed by atoms with Crippen molar-refractivity contribution in [3.63, 3.8) is 0 Å². The summed E-state index contributed by atoms with van der Waals surface area (Å²) < 4.78 is 118. The van der Waals surface area contributed by atoms with Crippen LogP contribution in [0.1, 0.15) is 22.4 Å². The number of imidazole rings is 1. The molecule has 0 aliphatic rings. The van der Waals surface area contributed by atoms with Gasteiger partial charge >= 0.3 is 30.3 Å². The molecular weight excluding hydrogens is 554 g/mol. The highest BCUT2D eigenvalue weighted by molar-refractivity contribution is 5.89. The third kappa shape index (κ3) is 9.21. The summed E-state index contributed by atoms with van der Waals surface area (Å²) in [5.41, 5.74) is -0.164. The number of amides is 1. The van der Waals surface area contributed by atoms with Crippen molar-refractivity contribution in [1.82, 2.24) is 10.3 Å². The summed E-state index contributed by atoms with van der Waals surface area (Å²) in [6.07, 6.45) is -11.2. The average Bonchev–Trinajstić information content (AvgIpc) is 3.22. The van der Waals surface area contributed by atoms with E-state index in [-0.39, 0.29) is 17.0 Å². The van der Waals surface area contributed by atoms with Gasteiger partial charge in [-0.2, -0.15) is 43.9 Å². The first-order valence-electron chi connectivity index (χ1n) is 9.34. The molecule has 3 N–H and O–H groups in total. The fraction of sp³-hybridized carbons (Fsp3) is 0.211. The second kappa shape index (κ2) is 12.2. The highest BCUT2D eigenvalue weighted by Crippen LogP contribution is 2.30. The Kier molecular flexibility index (Phi) is 10.1. The summed E-state index contributed by atoms with van der Waals surface area (Å²) in [6.45, 7) is 0. The first-order chi connectivity index (χ1) is 17.3. The van der Waals surface area contributed by atoms with Gasteiger partial charge in [0.25, 0.3) is 0 Å². The van der Waals surface area contributed by atoms with Gasteiger partial charge in [-0.3, -0.25) is 4.79 Å². The van der Waals surface area contributed by atoms with Crippen molar-refractivity contribution in [2.45, 2.75) is 24.6 Å². The van der Waals surface area contributed by atoms with Crippen LogP contribution in [0.5, 0.6) is 0 Å². The zero-order valence-electron chi connectivity index (χ0n) is 18.0. The van der Waals surface area contributed by atoms with E-state index in [2.05, 4.69) is 9.97 Å². The lowest BCUT2D eigenvalue weighted by Crippen LogP contribution is -2.44. The minimum absolute atomic E-state index is 0.0532. The lowest BCUT2D eigenvalue weighted by molar-refractivity contribution is -0.515. The van der Waals surface area contributed by atoms with E-state index in [4.69, 9.17) is 19.8 Å². The Morgan fingerprint density at radius 1 is 0.895 bits per heavy atom. The zero-order valence-corrected chi connectivity index (χ0v) is 18.0. The summed E-state index contributed by atoms with van der Waals surface area (Å²) >= 11 is 0. The Balaban J connectivity index is 0.000000426. The fourth-order valence-electron chi connectivity index (χ4n) is 2.33. The maximum Gasteiger partial charge on any atom is 0.430 e. The van der Waals surface area contributed by atoms with Crippen LogP contribution in [0.25, 0.3) is 5.52 Å². The van der Waals surface area contributed by atoms with Crippen molar-refractivity contribution in [2.24, 2.45) is 0 Å². The molecular formula is C19H12F10N4O5. The molecule has 0 radical (unpaired) electrons. The van der Waals surface area contributed by atoms with E-state index in [9.17, 15) is 48.7 Å². The Morgan fingerprint density at radius 2 is 1.42 bits per heavy atom. The van der Waals surface area contributed by atoms with Gasteiger partial charge in [0.2, 0.25) is 17.3 Å². The minimum Gasteiger partial charge on any atom is -0.542 e. The lowest BCUT2D eigenvalue weighted by Gasteiger charge is -2.16. The number of aliphatic carboxylic acids is 2. The van der Waals surface area contributed by atoms with Gasteiger partial charge in [-0.15, -0.1) is 0 Å². The Labute approximate surface area is 203 Å². The third-order valence-corrected chi connectivity index (χ3v) is 3.89. The smallest absolute Gasteiger partial charge is 0.430 e. The lowest BCUT2D eigenvalue weighted by atomic mass is 10.1. The van der Waals surface area contributed by atoms with Gasteiger partial charge < -0.3 is 25.1 Å². The van der Waals surface area contributed by atoms with Crippen LogP contribution in [0.2, 0.25) is 0 Å². The summed E-state index contributed by atoms with van der Waals surface area (Å²) in [7, 11) is 0. The third-order valence-electron chi connectivity index (χ3n) is 3.89. The molecule has 0 saturated heterocycles. The van der Waals surface area contributed by atoms with Crippen molar-refractivity contribution in [1.29, 1.82) is 0 Å². The number of carboxylic acids is 2. The van der Waals surface area contributed by atoms with Gasteiger partial charge in [-0.25, -0.2) is 14.4 Å². The summed E-state index contributed by atoms with van der Waals surface area (Å²) in [5, 5.41) is 19.5. The second-order valence-electron chi connectivity index (χ2n) is 6.59. The number of H-pyrrole nitrogens is 2. The molecule has 19 heteroatoms. The molecule has 1 amide bonds. The van der Waals surface area contributed by atoms with Gasteiger partial charge in [-0.1, -0.05) is 6.07 Å². The molecule has 3 aromatic rings. The molecule has 0 aromatic carbocycles. The molecule has 0 bridgehead atoms. The normalized spacial score (nSPS) is 12.4. The quantitative estimate of drug-likeness (QED) is 0.347. The summed E-state index contributed by atoms with van der Waals surface area (Å²) in [5.74, 6) is -7.84. The molecule has 0 saturated carbocycles.